The summed E-state index contributed by atoms with van der Waals surface area (Å²) in [6, 6.07) is 14.6. The summed E-state index contributed by atoms with van der Waals surface area (Å²) in [5.41, 5.74) is 1.37. The first kappa shape index (κ1) is 11.9. The van der Waals surface area contributed by atoms with Gasteiger partial charge in [0.15, 0.2) is 0 Å². The molecule has 1 aromatic carbocycles. The van der Waals surface area contributed by atoms with Crippen LogP contribution in [0.4, 0.5) is 0 Å². The summed E-state index contributed by atoms with van der Waals surface area (Å²) in [5, 5.41) is 3.42. The second-order valence-electron chi connectivity index (χ2n) is 4.20. The van der Waals surface area contributed by atoms with E-state index in [-0.39, 0.29) is 0 Å². The molecule has 90 valence electrons. The fraction of sp³-hybridized carbons (Fsp3) is 0.333. The molecule has 0 fully saturated rings. The molecule has 1 heterocycles. The molecule has 2 aromatic rings. The van der Waals surface area contributed by atoms with E-state index in [9.17, 15) is 0 Å². The minimum absolute atomic E-state index is 0.474. The lowest BCUT2D eigenvalue weighted by molar-refractivity contribution is 0.475. The first-order chi connectivity index (χ1) is 8.40. The van der Waals surface area contributed by atoms with Crippen LogP contribution in [0.5, 0.6) is 0 Å². The fourth-order valence-corrected chi connectivity index (χ4v) is 2.02. The lowest BCUT2D eigenvalue weighted by Gasteiger charge is -2.16. The van der Waals surface area contributed by atoms with E-state index < -0.39 is 0 Å². The Hall–Kier alpha value is -1.54. The highest BCUT2D eigenvalue weighted by molar-refractivity contribution is 5.21. The summed E-state index contributed by atoms with van der Waals surface area (Å²) in [6.45, 7) is 4.12. The molecule has 0 aliphatic rings. The van der Waals surface area contributed by atoms with Gasteiger partial charge in [0.05, 0.1) is 6.26 Å². The van der Waals surface area contributed by atoms with Crippen molar-refractivity contribution in [3.05, 3.63) is 60.1 Å². The van der Waals surface area contributed by atoms with Gasteiger partial charge in [-0.25, -0.2) is 0 Å². The Morgan fingerprint density at radius 2 is 1.94 bits per heavy atom. The molecule has 1 atom stereocenters. The second-order valence-corrected chi connectivity index (χ2v) is 4.20. The molecule has 1 N–H and O–H groups in total. The van der Waals surface area contributed by atoms with Gasteiger partial charge < -0.3 is 9.73 Å². The predicted molar refractivity (Wildman–Crippen MR) is 70.1 cm³/mol. The van der Waals surface area contributed by atoms with Crippen LogP contribution in [-0.4, -0.2) is 13.1 Å². The van der Waals surface area contributed by atoms with E-state index in [4.69, 9.17) is 4.42 Å². The highest BCUT2D eigenvalue weighted by Crippen LogP contribution is 2.20. The Morgan fingerprint density at radius 1 is 1.12 bits per heavy atom. The Bertz CT molecular complexity index is 408. The first-order valence-electron chi connectivity index (χ1n) is 6.18. The van der Waals surface area contributed by atoms with Crippen LogP contribution in [0.3, 0.4) is 0 Å². The van der Waals surface area contributed by atoms with Crippen molar-refractivity contribution in [1.82, 2.24) is 5.32 Å². The normalized spacial score (nSPS) is 12.5. The summed E-state index contributed by atoms with van der Waals surface area (Å²) < 4.78 is 5.44. The largest absolute Gasteiger partial charge is 0.469 e. The van der Waals surface area contributed by atoms with E-state index in [0.29, 0.717) is 5.92 Å². The molecule has 0 bridgehead atoms. The Kier molecular flexibility index (Phi) is 4.39. The quantitative estimate of drug-likeness (QED) is 0.822. The second kappa shape index (κ2) is 6.26. The fourth-order valence-electron chi connectivity index (χ4n) is 2.02. The highest BCUT2D eigenvalue weighted by atomic mass is 16.3. The zero-order chi connectivity index (χ0) is 11.9. The van der Waals surface area contributed by atoms with Crippen LogP contribution < -0.4 is 5.32 Å². The number of likely N-dealkylation sites (N-methyl/N-ethyl adjacent to an activating group) is 1. The highest BCUT2D eigenvalue weighted by Gasteiger charge is 2.12. The van der Waals surface area contributed by atoms with E-state index in [1.807, 2.05) is 12.1 Å². The number of hydrogen-bond acceptors (Lipinski definition) is 2. The third-order valence-electron chi connectivity index (χ3n) is 2.94. The van der Waals surface area contributed by atoms with E-state index in [1.54, 1.807) is 6.26 Å². The number of benzene rings is 1. The van der Waals surface area contributed by atoms with Crippen LogP contribution >= 0.6 is 0 Å². The minimum Gasteiger partial charge on any atom is -0.469 e. The van der Waals surface area contributed by atoms with Crippen LogP contribution in [-0.2, 0) is 6.42 Å². The minimum atomic E-state index is 0.474. The lowest BCUT2D eigenvalue weighted by Crippen LogP contribution is -2.22. The molecule has 0 radical (unpaired) electrons. The van der Waals surface area contributed by atoms with Crippen LogP contribution in [0.25, 0.3) is 0 Å². The summed E-state index contributed by atoms with van der Waals surface area (Å²) >= 11 is 0. The van der Waals surface area contributed by atoms with Crippen molar-refractivity contribution in [3.63, 3.8) is 0 Å². The molecule has 0 spiro atoms. The zero-order valence-electron chi connectivity index (χ0n) is 10.2. The predicted octanol–water partition coefficient (Wildman–Crippen LogP) is 3.22. The monoisotopic (exact) mass is 229 g/mol. The van der Waals surface area contributed by atoms with Crippen LogP contribution in [0.15, 0.2) is 53.1 Å². The molecule has 0 saturated heterocycles. The number of nitrogens with one attached hydrogen (secondary N) is 1. The molecule has 17 heavy (non-hydrogen) atoms. The lowest BCUT2D eigenvalue weighted by atomic mass is 9.94. The Balaban J connectivity index is 2.08. The zero-order valence-corrected chi connectivity index (χ0v) is 10.2. The maximum absolute atomic E-state index is 5.44. The van der Waals surface area contributed by atoms with E-state index >= 15 is 0 Å². The van der Waals surface area contributed by atoms with Crippen molar-refractivity contribution in [2.24, 2.45) is 0 Å². The smallest absolute Gasteiger partial charge is 0.104 e. The van der Waals surface area contributed by atoms with Crippen molar-refractivity contribution in [3.8, 4) is 0 Å². The summed E-state index contributed by atoms with van der Waals surface area (Å²) in [5.74, 6) is 1.53. The molecule has 2 nitrogen and oxygen atoms in total. The van der Waals surface area contributed by atoms with E-state index in [1.165, 1.54) is 5.56 Å². The third kappa shape index (κ3) is 3.46. The SMILES string of the molecule is CCNCC(Cc1ccco1)c1ccccc1. The maximum Gasteiger partial charge on any atom is 0.104 e. The van der Waals surface area contributed by atoms with Gasteiger partial charge in [0, 0.05) is 18.9 Å². The van der Waals surface area contributed by atoms with Gasteiger partial charge in [-0.2, -0.15) is 0 Å². The van der Waals surface area contributed by atoms with Gasteiger partial charge in [0.1, 0.15) is 5.76 Å². The summed E-state index contributed by atoms with van der Waals surface area (Å²) in [4.78, 5) is 0. The number of hydrogen-bond donors (Lipinski definition) is 1. The van der Waals surface area contributed by atoms with Crippen molar-refractivity contribution in [2.75, 3.05) is 13.1 Å². The number of rotatable bonds is 6. The average molecular weight is 229 g/mol. The topological polar surface area (TPSA) is 25.2 Å². The van der Waals surface area contributed by atoms with Gasteiger partial charge in [-0.05, 0) is 24.2 Å². The molecule has 0 amide bonds. The van der Waals surface area contributed by atoms with Crippen molar-refractivity contribution in [1.29, 1.82) is 0 Å². The molecule has 2 rings (SSSR count). The molecule has 0 saturated carbocycles. The van der Waals surface area contributed by atoms with Gasteiger partial charge in [0.25, 0.3) is 0 Å². The summed E-state index contributed by atoms with van der Waals surface area (Å²) in [7, 11) is 0. The summed E-state index contributed by atoms with van der Waals surface area (Å²) in [6.07, 6.45) is 2.69. The maximum atomic E-state index is 5.44. The Morgan fingerprint density at radius 3 is 2.59 bits per heavy atom. The average Bonchev–Trinajstić information content (AvgIpc) is 2.88. The third-order valence-corrected chi connectivity index (χ3v) is 2.94. The molecule has 0 aliphatic carbocycles. The van der Waals surface area contributed by atoms with Gasteiger partial charge >= 0.3 is 0 Å². The molecule has 2 heteroatoms. The van der Waals surface area contributed by atoms with Crippen LogP contribution in [0.2, 0.25) is 0 Å². The molecular weight excluding hydrogens is 210 g/mol. The number of furan rings is 1. The molecule has 0 aliphatic heterocycles. The molecular formula is C15H19NO. The van der Waals surface area contributed by atoms with Crippen molar-refractivity contribution in [2.45, 2.75) is 19.3 Å². The molecule has 1 aromatic heterocycles. The van der Waals surface area contributed by atoms with Gasteiger partial charge in [-0.15, -0.1) is 0 Å². The van der Waals surface area contributed by atoms with Crippen LogP contribution in [0.1, 0.15) is 24.2 Å². The standard InChI is InChI=1S/C15H19NO/c1-2-16-12-14(11-15-9-6-10-17-15)13-7-4-3-5-8-13/h3-10,14,16H,2,11-12H2,1H3. The van der Waals surface area contributed by atoms with Crippen LogP contribution in [0, 0.1) is 0 Å². The van der Waals surface area contributed by atoms with Gasteiger partial charge in [-0.3, -0.25) is 0 Å². The van der Waals surface area contributed by atoms with E-state index in [0.717, 1.165) is 25.3 Å². The van der Waals surface area contributed by atoms with E-state index in [2.05, 4.69) is 42.6 Å². The van der Waals surface area contributed by atoms with Gasteiger partial charge in [-0.1, -0.05) is 37.3 Å². The van der Waals surface area contributed by atoms with Crippen molar-refractivity contribution >= 4 is 0 Å². The van der Waals surface area contributed by atoms with Crippen molar-refractivity contribution < 1.29 is 4.42 Å². The first-order valence-corrected chi connectivity index (χ1v) is 6.18. The van der Waals surface area contributed by atoms with Gasteiger partial charge in [0.2, 0.25) is 0 Å². The molecule has 1 unspecified atom stereocenters. The Labute approximate surface area is 103 Å².